The lowest BCUT2D eigenvalue weighted by Crippen LogP contribution is -2.16. The van der Waals surface area contributed by atoms with Crippen molar-refractivity contribution in [1.82, 2.24) is 0 Å². The summed E-state index contributed by atoms with van der Waals surface area (Å²) >= 11 is 0. The van der Waals surface area contributed by atoms with Gasteiger partial charge in [0.05, 0.1) is 11.8 Å². The van der Waals surface area contributed by atoms with Gasteiger partial charge in [-0.15, -0.1) is 5.11 Å². The Morgan fingerprint density at radius 3 is 1.97 bits per heavy atom. The molecule has 0 saturated carbocycles. The summed E-state index contributed by atoms with van der Waals surface area (Å²) in [6.07, 6.45) is 17.1. The van der Waals surface area contributed by atoms with Crippen molar-refractivity contribution in [2.45, 2.75) is 103 Å². The number of rotatable bonds is 17. The van der Waals surface area contributed by atoms with Crippen LogP contribution in [0.15, 0.2) is 58.8 Å². The van der Waals surface area contributed by atoms with Gasteiger partial charge in [0.25, 0.3) is 0 Å². The van der Waals surface area contributed by atoms with Crippen molar-refractivity contribution in [2.75, 3.05) is 5.73 Å². The third kappa shape index (κ3) is 10.8. The van der Waals surface area contributed by atoms with Gasteiger partial charge in [-0.1, -0.05) is 90.2 Å². The lowest BCUT2D eigenvalue weighted by atomic mass is 10.0. The van der Waals surface area contributed by atoms with E-state index in [1.807, 2.05) is 48.5 Å². The first-order valence-corrected chi connectivity index (χ1v) is 12.8. The third-order valence-corrected chi connectivity index (χ3v) is 5.82. The number of benzene rings is 2. The van der Waals surface area contributed by atoms with Gasteiger partial charge in [-0.3, -0.25) is 0 Å². The van der Waals surface area contributed by atoms with Crippen molar-refractivity contribution in [2.24, 2.45) is 10.2 Å². The Morgan fingerprint density at radius 2 is 1.31 bits per heavy atom. The van der Waals surface area contributed by atoms with Gasteiger partial charge >= 0.3 is 0 Å². The maximum Gasteiger partial charge on any atom is 0.147 e. The highest BCUT2D eigenvalue weighted by Gasteiger charge is 2.12. The van der Waals surface area contributed by atoms with Crippen LogP contribution < -0.4 is 10.5 Å². The van der Waals surface area contributed by atoms with E-state index in [9.17, 15) is 0 Å². The largest absolute Gasteiger partial charge is 0.488 e. The van der Waals surface area contributed by atoms with Crippen LogP contribution in [0, 0.1) is 0 Å². The van der Waals surface area contributed by atoms with Crippen molar-refractivity contribution < 1.29 is 4.74 Å². The summed E-state index contributed by atoms with van der Waals surface area (Å²) in [4.78, 5) is 0. The zero-order chi connectivity index (χ0) is 22.9. The van der Waals surface area contributed by atoms with E-state index in [1.165, 1.54) is 64.2 Å². The van der Waals surface area contributed by atoms with Gasteiger partial charge in [0.1, 0.15) is 11.4 Å². The fourth-order valence-corrected chi connectivity index (χ4v) is 3.92. The second-order valence-corrected chi connectivity index (χ2v) is 8.76. The number of unbranched alkanes of at least 4 members (excludes halogenated alkanes) is 9. The minimum atomic E-state index is 0.238. The van der Waals surface area contributed by atoms with Crippen LogP contribution in [-0.2, 0) is 0 Å². The molecule has 0 aromatic heterocycles. The molecule has 1 unspecified atom stereocenters. The van der Waals surface area contributed by atoms with Crippen LogP contribution in [0.1, 0.15) is 97.3 Å². The average Bonchev–Trinajstić information content (AvgIpc) is 2.81. The second-order valence-electron chi connectivity index (χ2n) is 8.76. The summed E-state index contributed by atoms with van der Waals surface area (Å²) in [7, 11) is 0. The molecule has 1 atom stereocenters. The SMILES string of the molecule is CCCCCCCCCCCCC(CCC)Oc1ccccc1N=Nc1ccc(N)cc1. The van der Waals surface area contributed by atoms with E-state index in [0.29, 0.717) is 0 Å². The van der Waals surface area contributed by atoms with E-state index in [2.05, 4.69) is 24.1 Å². The Labute approximate surface area is 195 Å². The molecule has 2 N–H and O–H groups in total. The number of azo groups is 1. The van der Waals surface area contributed by atoms with Gasteiger partial charge in [-0.2, -0.15) is 5.11 Å². The van der Waals surface area contributed by atoms with Crippen LogP contribution in [0.2, 0.25) is 0 Å². The molecular formula is C28H43N3O. The van der Waals surface area contributed by atoms with Gasteiger partial charge in [0, 0.05) is 5.69 Å². The molecule has 0 bridgehead atoms. The van der Waals surface area contributed by atoms with Gasteiger partial charge in [0.15, 0.2) is 0 Å². The van der Waals surface area contributed by atoms with E-state index in [0.717, 1.165) is 42.1 Å². The topological polar surface area (TPSA) is 60.0 Å². The molecule has 2 rings (SSSR count). The Balaban J connectivity index is 1.78. The third-order valence-electron chi connectivity index (χ3n) is 5.82. The summed E-state index contributed by atoms with van der Waals surface area (Å²) in [5.41, 5.74) is 8.02. The standard InChI is InChI=1S/C28H43N3O/c1-3-5-6-7-8-9-10-11-12-13-17-26(16-4-2)32-28-19-15-14-18-27(28)31-30-25-22-20-24(29)21-23-25/h14-15,18-23,26H,3-13,16-17,29H2,1-2H3. The van der Waals surface area contributed by atoms with Crippen molar-refractivity contribution in [3.05, 3.63) is 48.5 Å². The first kappa shape index (κ1) is 25.9. The maximum absolute atomic E-state index is 6.40. The molecule has 0 aliphatic rings. The highest BCUT2D eigenvalue weighted by Crippen LogP contribution is 2.31. The number of hydrogen-bond donors (Lipinski definition) is 1. The second kappa shape index (κ2) is 16.3. The molecule has 0 heterocycles. The molecular weight excluding hydrogens is 394 g/mol. The molecule has 4 heteroatoms. The van der Waals surface area contributed by atoms with Crippen LogP contribution in [0.25, 0.3) is 0 Å². The Kier molecular flexibility index (Phi) is 13.2. The Bertz CT molecular complexity index is 758. The first-order valence-electron chi connectivity index (χ1n) is 12.8. The number of ether oxygens (including phenoxy) is 1. The number of nitrogen functional groups attached to an aromatic ring is 1. The molecule has 2 aromatic rings. The summed E-state index contributed by atoms with van der Waals surface area (Å²) < 4.78 is 6.40. The highest BCUT2D eigenvalue weighted by molar-refractivity contribution is 5.52. The lowest BCUT2D eigenvalue weighted by molar-refractivity contribution is 0.176. The first-order chi connectivity index (χ1) is 15.7. The molecule has 0 aliphatic carbocycles. The number of nitrogens with two attached hydrogens (primary N) is 1. The van der Waals surface area contributed by atoms with Crippen LogP contribution in [0.4, 0.5) is 17.1 Å². The summed E-state index contributed by atoms with van der Waals surface area (Å²) in [6.45, 7) is 4.50. The number of anilines is 1. The van der Waals surface area contributed by atoms with Crippen LogP contribution in [0.3, 0.4) is 0 Å². The van der Waals surface area contributed by atoms with E-state index in [-0.39, 0.29) is 6.10 Å². The average molecular weight is 438 g/mol. The van der Waals surface area contributed by atoms with Crippen molar-refractivity contribution in [3.63, 3.8) is 0 Å². The quantitative estimate of drug-likeness (QED) is 0.152. The molecule has 4 nitrogen and oxygen atoms in total. The van der Waals surface area contributed by atoms with E-state index < -0.39 is 0 Å². The molecule has 0 saturated heterocycles. The molecule has 0 aliphatic heterocycles. The summed E-state index contributed by atoms with van der Waals surface area (Å²) in [5, 5.41) is 8.78. The predicted octanol–water partition coefficient (Wildman–Crippen LogP) is 9.54. The van der Waals surface area contributed by atoms with Gasteiger partial charge < -0.3 is 10.5 Å². The smallest absolute Gasteiger partial charge is 0.147 e. The lowest BCUT2D eigenvalue weighted by Gasteiger charge is -2.19. The molecule has 0 spiro atoms. The minimum Gasteiger partial charge on any atom is -0.488 e. The number of para-hydroxylation sites is 1. The molecule has 32 heavy (non-hydrogen) atoms. The molecule has 0 radical (unpaired) electrons. The van der Waals surface area contributed by atoms with Crippen LogP contribution >= 0.6 is 0 Å². The summed E-state index contributed by atoms with van der Waals surface area (Å²) in [5.74, 6) is 0.817. The minimum absolute atomic E-state index is 0.238. The zero-order valence-electron chi connectivity index (χ0n) is 20.3. The van der Waals surface area contributed by atoms with Crippen molar-refractivity contribution in [1.29, 1.82) is 0 Å². The van der Waals surface area contributed by atoms with Crippen LogP contribution in [0.5, 0.6) is 5.75 Å². The molecule has 2 aromatic carbocycles. The molecule has 0 fully saturated rings. The number of hydrogen-bond acceptors (Lipinski definition) is 4. The fraction of sp³-hybridized carbons (Fsp3) is 0.571. The number of nitrogens with zero attached hydrogens (tertiary/aromatic N) is 2. The van der Waals surface area contributed by atoms with Gasteiger partial charge in [-0.25, -0.2) is 0 Å². The fourth-order valence-electron chi connectivity index (χ4n) is 3.92. The van der Waals surface area contributed by atoms with Gasteiger partial charge in [-0.05, 0) is 55.7 Å². The highest BCUT2D eigenvalue weighted by atomic mass is 16.5. The Hall–Kier alpha value is -2.36. The van der Waals surface area contributed by atoms with Gasteiger partial charge in [0.2, 0.25) is 0 Å². The van der Waals surface area contributed by atoms with Crippen molar-refractivity contribution in [3.8, 4) is 5.75 Å². The molecule has 0 amide bonds. The Morgan fingerprint density at radius 1 is 0.688 bits per heavy atom. The predicted molar refractivity (Wildman–Crippen MR) is 137 cm³/mol. The van der Waals surface area contributed by atoms with E-state index in [1.54, 1.807) is 0 Å². The summed E-state index contributed by atoms with van der Waals surface area (Å²) in [6, 6.07) is 15.3. The zero-order valence-corrected chi connectivity index (χ0v) is 20.3. The molecule has 176 valence electrons. The van der Waals surface area contributed by atoms with E-state index in [4.69, 9.17) is 10.5 Å². The van der Waals surface area contributed by atoms with Crippen molar-refractivity contribution >= 4 is 17.1 Å². The van der Waals surface area contributed by atoms with E-state index >= 15 is 0 Å². The monoisotopic (exact) mass is 437 g/mol. The normalized spacial score (nSPS) is 12.3. The maximum atomic E-state index is 6.40. The van der Waals surface area contributed by atoms with Crippen LogP contribution in [-0.4, -0.2) is 6.10 Å².